The van der Waals surface area contributed by atoms with Crippen molar-refractivity contribution in [2.45, 2.75) is 50.7 Å². The number of carbonyl (C=O) groups is 2. The largest absolute Gasteiger partial charge is 0.353 e. The predicted octanol–water partition coefficient (Wildman–Crippen LogP) is 1.61. The molecular weight excluding hydrogens is 198 g/mol. The van der Waals surface area contributed by atoms with Crippen LogP contribution in [0.4, 0.5) is 0 Å². The van der Waals surface area contributed by atoms with Gasteiger partial charge in [-0.15, -0.1) is 11.8 Å². The van der Waals surface area contributed by atoms with Crippen molar-refractivity contribution in [3.8, 4) is 0 Å². The molecule has 4 heteroatoms. The lowest BCUT2D eigenvalue weighted by Crippen LogP contribution is -2.38. The summed E-state index contributed by atoms with van der Waals surface area (Å²) in [7, 11) is 0. The molecule has 1 unspecified atom stereocenters. The zero-order valence-corrected chi connectivity index (χ0v) is 10.1. The number of rotatable bonds is 6. The fourth-order valence-corrected chi connectivity index (χ4v) is 2.06. The van der Waals surface area contributed by atoms with Gasteiger partial charge in [-0.3, -0.25) is 4.79 Å². The second-order valence-corrected chi connectivity index (χ2v) is 5.52. The Morgan fingerprint density at radius 2 is 1.93 bits per heavy atom. The van der Waals surface area contributed by atoms with Crippen molar-refractivity contribution in [1.82, 2.24) is 5.32 Å². The Hall–Kier alpha value is -0.510. The van der Waals surface area contributed by atoms with E-state index in [0.717, 1.165) is 6.29 Å². The van der Waals surface area contributed by atoms with E-state index < -0.39 is 0 Å². The Morgan fingerprint density at radius 3 is 2.29 bits per heavy atom. The predicted molar refractivity (Wildman–Crippen MR) is 60.5 cm³/mol. The highest BCUT2D eigenvalue weighted by atomic mass is 32.2. The first-order valence-corrected chi connectivity index (χ1v) is 5.81. The van der Waals surface area contributed by atoms with Gasteiger partial charge in [0.1, 0.15) is 6.29 Å². The maximum absolute atomic E-state index is 11.6. The van der Waals surface area contributed by atoms with Crippen LogP contribution in [-0.4, -0.2) is 28.7 Å². The number of amides is 1. The highest BCUT2D eigenvalue weighted by Gasteiger charge is 2.20. The van der Waals surface area contributed by atoms with E-state index in [4.69, 9.17) is 0 Å². The third kappa shape index (κ3) is 6.02. The van der Waals surface area contributed by atoms with Crippen LogP contribution in [0.3, 0.4) is 0 Å². The fraction of sp³-hybridized carbons (Fsp3) is 0.800. The summed E-state index contributed by atoms with van der Waals surface area (Å²) in [5.74, 6) is -0.0363. The summed E-state index contributed by atoms with van der Waals surface area (Å²) in [5, 5.41) is 2.93. The lowest BCUT2D eigenvalue weighted by Gasteiger charge is -2.17. The second-order valence-electron chi connectivity index (χ2n) is 3.74. The number of nitrogens with one attached hydrogen (secondary N) is 1. The third-order valence-corrected chi connectivity index (χ3v) is 2.75. The van der Waals surface area contributed by atoms with Gasteiger partial charge in [0, 0.05) is 12.5 Å². The average molecular weight is 217 g/mol. The van der Waals surface area contributed by atoms with E-state index in [1.165, 1.54) is 11.8 Å². The molecular formula is C10H19NO2S. The molecule has 0 aliphatic carbocycles. The van der Waals surface area contributed by atoms with Crippen molar-refractivity contribution in [3.05, 3.63) is 0 Å². The van der Waals surface area contributed by atoms with Gasteiger partial charge in [-0.05, 0) is 19.1 Å². The molecule has 0 bridgehead atoms. The highest BCUT2D eigenvalue weighted by Crippen LogP contribution is 2.19. The molecule has 0 rings (SSSR count). The maximum atomic E-state index is 11.6. The molecule has 0 aromatic carbocycles. The molecule has 0 aliphatic heterocycles. The normalized spacial score (nSPS) is 13.0. The monoisotopic (exact) mass is 217 g/mol. The fourth-order valence-electron chi connectivity index (χ4n) is 1.02. The van der Waals surface area contributed by atoms with Gasteiger partial charge in [-0.1, -0.05) is 13.8 Å². The second kappa shape index (κ2) is 6.87. The van der Waals surface area contributed by atoms with Crippen molar-refractivity contribution >= 4 is 24.0 Å². The summed E-state index contributed by atoms with van der Waals surface area (Å²) in [6.45, 7) is 7.86. The molecule has 0 saturated heterocycles. The molecule has 0 radical (unpaired) electrons. The van der Waals surface area contributed by atoms with Crippen molar-refractivity contribution in [3.63, 3.8) is 0 Å². The smallest absolute Gasteiger partial charge is 0.233 e. The molecule has 0 heterocycles. The van der Waals surface area contributed by atoms with Crippen LogP contribution in [0.25, 0.3) is 0 Å². The Labute approximate surface area is 90.0 Å². The van der Waals surface area contributed by atoms with E-state index in [2.05, 4.69) is 5.32 Å². The first kappa shape index (κ1) is 13.5. The van der Waals surface area contributed by atoms with Crippen molar-refractivity contribution in [1.29, 1.82) is 0 Å². The third-order valence-electron chi connectivity index (χ3n) is 1.47. The topological polar surface area (TPSA) is 46.2 Å². The van der Waals surface area contributed by atoms with Gasteiger partial charge in [0.05, 0.1) is 5.25 Å². The summed E-state index contributed by atoms with van der Waals surface area (Å²) in [4.78, 5) is 22.0. The van der Waals surface area contributed by atoms with Gasteiger partial charge in [0.2, 0.25) is 5.91 Å². The van der Waals surface area contributed by atoms with E-state index in [9.17, 15) is 9.59 Å². The van der Waals surface area contributed by atoms with Crippen LogP contribution in [0.2, 0.25) is 0 Å². The van der Waals surface area contributed by atoms with E-state index in [1.54, 1.807) is 0 Å². The summed E-state index contributed by atoms with van der Waals surface area (Å²) >= 11 is 1.53. The van der Waals surface area contributed by atoms with Crippen LogP contribution in [0, 0.1) is 0 Å². The van der Waals surface area contributed by atoms with E-state index in [0.29, 0.717) is 11.7 Å². The minimum absolute atomic E-state index is 0.0363. The van der Waals surface area contributed by atoms with Crippen LogP contribution < -0.4 is 5.32 Å². The average Bonchev–Trinajstić information content (AvgIpc) is 2.01. The van der Waals surface area contributed by atoms with Crippen LogP contribution in [0.15, 0.2) is 0 Å². The van der Waals surface area contributed by atoms with Crippen LogP contribution in [0.5, 0.6) is 0 Å². The Bertz CT molecular complexity index is 193. The molecule has 0 aromatic rings. The van der Waals surface area contributed by atoms with Crippen LogP contribution in [-0.2, 0) is 9.59 Å². The zero-order valence-electron chi connectivity index (χ0n) is 9.24. The Balaban J connectivity index is 4.17. The number of hydrogen-bond acceptors (Lipinski definition) is 3. The van der Waals surface area contributed by atoms with Crippen LogP contribution >= 0.6 is 11.8 Å². The van der Waals surface area contributed by atoms with Gasteiger partial charge < -0.3 is 10.1 Å². The number of carbonyl (C=O) groups excluding carboxylic acids is 2. The van der Waals surface area contributed by atoms with Crippen molar-refractivity contribution < 1.29 is 9.59 Å². The zero-order chi connectivity index (χ0) is 11.1. The van der Waals surface area contributed by atoms with Gasteiger partial charge in [-0.2, -0.15) is 0 Å². The molecule has 1 amide bonds. The minimum Gasteiger partial charge on any atom is -0.353 e. The number of thioether (sulfide) groups is 1. The SMILES string of the molecule is CC(C)NC(=O)C(CC=O)SC(C)C. The van der Waals surface area contributed by atoms with Gasteiger partial charge in [0.25, 0.3) is 0 Å². The van der Waals surface area contributed by atoms with E-state index >= 15 is 0 Å². The molecule has 14 heavy (non-hydrogen) atoms. The van der Waals surface area contributed by atoms with E-state index in [1.807, 2.05) is 27.7 Å². The molecule has 1 N–H and O–H groups in total. The molecule has 0 saturated carbocycles. The van der Waals surface area contributed by atoms with E-state index in [-0.39, 0.29) is 17.2 Å². The summed E-state index contributed by atoms with van der Waals surface area (Å²) in [6.07, 6.45) is 1.10. The first-order chi connectivity index (χ1) is 6.47. The first-order valence-electron chi connectivity index (χ1n) is 4.86. The Kier molecular flexibility index (Phi) is 6.62. The van der Waals surface area contributed by atoms with Crippen LogP contribution in [0.1, 0.15) is 34.1 Å². The highest BCUT2D eigenvalue weighted by molar-refractivity contribution is 8.01. The molecule has 0 aliphatic rings. The molecule has 0 fully saturated rings. The summed E-state index contributed by atoms with van der Waals surface area (Å²) in [5.41, 5.74) is 0. The molecule has 0 spiro atoms. The minimum atomic E-state index is -0.241. The van der Waals surface area contributed by atoms with Gasteiger partial charge >= 0.3 is 0 Å². The lowest BCUT2D eigenvalue weighted by atomic mass is 10.3. The molecule has 1 atom stereocenters. The Morgan fingerprint density at radius 1 is 1.36 bits per heavy atom. The molecule has 3 nitrogen and oxygen atoms in total. The van der Waals surface area contributed by atoms with Gasteiger partial charge in [0.15, 0.2) is 0 Å². The molecule has 0 aromatic heterocycles. The quantitative estimate of drug-likeness (QED) is 0.688. The van der Waals surface area contributed by atoms with Crippen molar-refractivity contribution in [2.75, 3.05) is 0 Å². The number of aldehydes is 1. The standard InChI is InChI=1S/C10H19NO2S/c1-7(2)11-10(13)9(5-6-12)14-8(3)4/h6-9H,5H2,1-4H3,(H,11,13). The lowest BCUT2D eigenvalue weighted by molar-refractivity contribution is -0.122. The maximum Gasteiger partial charge on any atom is 0.233 e. The summed E-state index contributed by atoms with van der Waals surface area (Å²) < 4.78 is 0. The summed E-state index contributed by atoms with van der Waals surface area (Å²) in [6, 6.07) is 0.129. The van der Waals surface area contributed by atoms with Gasteiger partial charge in [-0.25, -0.2) is 0 Å². The van der Waals surface area contributed by atoms with Crippen molar-refractivity contribution in [2.24, 2.45) is 0 Å². The molecule has 82 valence electrons. The number of hydrogen-bond donors (Lipinski definition) is 1.